The lowest BCUT2D eigenvalue weighted by molar-refractivity contribution is -0.141. The van der Waals surface area contributed by atoms with Gasteiger partial charge in [-0.3, -0.25) is 4.98 Å². The first kappa shape index (κ1) is 15.2. The molecule has 2 heterocycles. The van der Waals surface area contributed by atoms with Gasteiger partial charge in [-0.15, -0.1) is 0 Å². The molecule has 0 spiro atoms. The molecule has 0 saturated carbocycles. The van der Waals surface area contributed by atoms with Crippen molar-refractivity contribution in [1.29, 1.82) is 0 Å². The van der Waals surface area contributed by atoms with Gasteiger partial charge >= 0.3 is 6.18 Å². The zero-order chi connectivity index (χ0) is 14.8. The van der Waals surface area contributed by atoms with Crippen LogP contribution in [0.2, 0.25) is 0 Å². The van der Waals surface area contributed by atoms with Gasteiger partial charge in [0.2, 0.25) is 0 Å². The summed E-state index contributed by atoms with van der Waals surface area (Å²) >= 11 is 0. The number of ether oxygens (including phenoxy) is 1. The van der Waals surface area contributed by atoms with Crippen LogP contribution in [0.1, 0.15) is 24.5 Å². The number of aliphatic hydroxyl groups is 1. The molecule has 2 N–H and O–H groups in total. The molecule has 2 rings (SSSR count). The third-order valence-electron chi connectivity index (χ3n) is 3.35. The molecule has 7 heteroatoms. The van der Waals surface area contributed by atoms with Crippen LogP contribution >= 0.6 is 0 Å². The first-order valence-electron chi connectivity index (χ1n) is 6.36. The summed E-state index contributed by atoms with van der Waals surface area (Å²) in [7, 11) is 0. The van der Waals surface area contributed by atoms with Crippen LogP contribution in [0.15, 0.2) is 18.5 Å². The van der Waals surface area contributed by atoms with E-state index in [0.29, 0.717) is 19.8 Å². The number of hydrogen-bond donors (Lipinski definition) is 2. The Labute approximate surface area is 115 Å². The number of pyridine rings is 1. The van der Waals surface area contributed by atoms with E-state index in [1.54, 1.807) is 0 Å². The Morgan fingerprint density at radius 2 is 2.20 bits per heavy atom. The zero-order valence-electron chi connectivity index (χ0n) is 11.1. The average molecular weight is 290 g/mol. The minimum absolute atomic E-state index is 0.127. The van der Waals surface area contributed by atoms with Gasteiger partial charge in [-0.1, -0.05) is 0 Å². The topological polar surface area (TPSA) is 54.4 Å². The van der Waals surface area contributed by atoms with Crippen molar-refractivity contribution in [2.75, 3.05) is 19.8 Å². The van der Waals surface area contributed by atoms with Crippen molar-refractivity contribution in [3.05, 3.63) is 29.6 Å². The first-order valence-corrected chi connectivity index (χ1v) is 6.36. The van der Waals surface area contributed by atoms with Gasteiger partial charge in [-0.2, -0.15) is 13.2 Å². The first-order chi connectivity index (χ1) is 9.31. The van der Waals surface area contributed by atoms with Gasteiger partial charge in [-0.25, -0.2) is 0 Å². The maximum atomic E-state index is 13.0. The monoisotopic (exact) mass is 290 g/mol. The normalized spacial score (nSPS) is 23.4. The molecule has 0 bridgehead atoms. The van der Waals surface area contributed by atoms with E-state index in [2.05, 4.69) is 10.3 Å². The summed E-state index contributed by atoms with van der Waals surface area (Å²) in [6, 6.07) is 0.703. The molecule has 1 fully saturated rings. The molecule has 1 aliphatic rings. The summed E-state index contributed by atoms with van der Waals surface area (Å²) in [6.45, 7) is 2.94. The number of nitrogens with zero attached hydrogens (tertiary/aromatic N) is 1. The van der Waals surface area contributed by atoms with E-state index in [1.807, 2.05) is 0 Å². The third kappa shape index (κ3) is 3.47. The Balaban J connectivity index is 2.24. The molecule has 1 saturated heterocycles. The van der Waals surface area contributed by atoms with Gasteiger partial charge in [0.15, 0.2) is 0 Å². The van der Waals surface area contributed by atoms with Crippen LogP contribution < -0.4 is 5.32 Å². The van der Waals surface area contributed by atoms with Gasteiger partial charge < -0.3 is 15.2 Å². The minimum Gasteiger partial charge on any atom is -0.385 e. The molecule has 1 aromatic rings. The number of rotatable bonds is 3. The van der Waals surface area contributed by atoms with E-state index < -0.39 is 17.3 Å². The second-order valence-electron chi connectivity index (χ2n) is 5.12. The maximum absolute atomic E-state index is 13.0. The lowest BCUT2D eigenvalue weighted by Gasteiger charge is -2.33. The molecule has 112 valence electrons. The van der Waals surface area contributed by atoms with Crippen LogP contribution in [0.25, 0.3) is 0 Å². The number of alkyl halides is 3. The molecule has 1 aliphatic heterocycles. The second kappa shape index (κ2) is 5.67. The van der Waals surface area contributed by atoms with Crippen LogP contribution in [-0.2, 0) is 16.5 Å². The van der Waals surface area contributed by atoms with Gasteiger partial charge in [0.05, 0.1) is 24.4 Å². The standard InChI is InChI=1S/C13H17F3N2O2/c1-12(19,6-9-8-20-5-4-18-9)11-7-17-3-2-10(11)13(14,15)16/h2-3,7,9,18-19H,4-6,8H2,1H3. The SMILES string of the molecule is CC(O)(CC1COCCN1)c1cnccc1C(F)(F)F. The van der Waals surface area contributed by atoms with Crippen molar-refractivity contribution < 1.29 is 23.0 Å². The highest BCUT2D eigenvalue weighted by Crippen LogP contribution is 2.37. The summed E-state index contributed by atoms with van der Waals surface area (Å²) < 4.78 is 44.2. The van der Waals surface area contributed by atoms with E-state index >= 15 is 0 Å². The van der Waals surface area contributed by atoms with Crippen molar-refractivity contribution >= 4 is 0 Å². The van der Waals surface area contributed by atoms with E-state index in [0.717, 1.165) is 18.5 Å². The fraction of sp³-hybridized carbons (Fsp3) is 0.615. The summed E-state index contributed by atoms with van der Waals surface area (Å²) in [4.78, 5) is 3.71. The summed E-state index contributed by atoms with van der Waals surface area (Å²) in [6.07, 6.45) is -2.24. The molecule has 0 amide bonds. The summed E-state index contributed by atoms with van der Waals surface area (Å²) in [5.74, 6) is 0. The molecule has 2 atom stereocenters. The highest BCUT2D eigenvalue weighted by atomic mass is 19.4. The van der Waals surface area contributed by atoms with Gasteiger partial charge in [-0.05, 0) is 19.4 Å². The maximum Gasteiger partial charge on any atom is 0.416 e. The van der Waals surface area contributed by atoms with Crippen molar-refractivity contribution in [3.63, 3.8) is 0 Å². The van der Waals surface area contributed by atoms with Crippen molar-refractivity contribution in [2.45, 2.75) is 31.2 Å². The highest BCUT2D eigenvalue weighted by molar-refractivity contribution is 5.31. The van der Waals surface area contributed by atoms with Crippen LogP contribution in [0.5, 0.6) is 0 Å². The Hall–Kier alpha value is -1.18. The van der Waals surface area contributed by atoms with Crippen molar-refractivity contribution in [1.82, 2.24) is 10.3 Å². The molecule has 4 nitrogen and oxygen atoms in total. The minimum atomic E-state index is -4.52. The van der Waals surface area contributed by atoms with Crippen molar-refractivity contribution in [2.24, 2.45) is 0 Å². The summed E-state index contributed by atoms with van der Waals surface area (Å²) in [5.41, 5.74) is -2.69. The largest absolute Gasteiger partial charge is 0.416 e. The van der Waals surface area contributed by atoms with E-state index in [4.69, 9.17) is 4.74 Å². The third-order valence-corrected chi connectivity index (χ3v) is 3.35. The van der Waals surface area contributed by atoms with E-state index in [-0.39, 0.29) is 18.0 Å². The quantitative estimate of drug-likeness (QED) is 0.889. The van der Waals surface area contributed by atoms with Crippen LogP contribution in [0.4, 0.5) is 13.2 Å². The van der Waals surface area contributed by atoms with Gasteiger partial charge in [0.1, 0.15) is 0 Å². The molecule has 20 heavy (non-hydrogen) atoms. The smallest absolute Gasteiger partial charge is 0.385 e. The molecule has 0 radical (unpaired) electrons. The molecular weight excluding hydrogens is 273 g/mol. The number of nitrogens with one attached hydrogen (secondary N) is 1. The summed E-state index contributed by atoms with van der Waals surface area (Å²) in [5, 5.41) is 13.6. The number of halogens is 3. The number of aromatic nitrogens is 1. The lowest BCUT2D eigenvalue weighted by atomic mass is 9.87. The molecular formula is C13H17F3N2O2. The van der Waals surface area contributed by atoms with E-state index in [9.17, 15) is 18.3 Å². The van der Waals surface area contributed by atoms with E-state index in [1.165, 1.54) is 6.92 Å². The second-order valence-corrected chi connectivity index (χ2v) is 5.12. The van der Waals surface area contributed by atoms with Crippen LogP contribution in [0, 0.1) is 0 Å². The van der Waals surface area contributed by atoms with Crippen molar-refractivity contribution in [3.8, 4) is 0 Å². The van der Waals surface area contributed by atoms with Gasteiger partial charge in [0.25, 0.3) is 0 Å². The Morgan fingerprint density at radius 3 is 2.80 bits per heavy atom. The highest BCUT2D eigenvalue weighted by Gasteiger charge is 2.39. The average Bonchev–Trinajstić information content (AvgIpc) is 2.38. The Bertz CT molecular complexity index is 457. The predicted octanol–water partition coefficient (Wildman–Crippen LogP) is 1.69. The van der Waals surface area contributed by atoms with Crippen LogP contribution in [-0.4, -0.2) is 35.9 Å². The fourth-order valence-corrected chi connectivity index (χ4v) is 2.41. The predicted molar refractivity (Wildman–Crippen MR) is 66.0 cm³/mol. The Kier molecular flexibility index (Phi) is 4.31. The Morgan fingerprint density at radius 1 is 1.45 bits per heavy atom. The fourth-order valence-electron chi connectivity index (χ4n) is 2.41. The molecule has 2 unspecified atom stereocenters. The van der Waals surface area contributed by atoms with Crippen LogP contribution in [0.3, 0.4) is 0 Å². The number of hydrogen-bond acceptors (Lipinski definition) is 4. The molecule has 0 aromatic carbocycles. The molecule has 0 aliphatic carbocycles. The van der Waals surface area contributed by atoms with Gasteiger partial charge in [0, 0.05) is 30.5 Å². The zero-order valence-corrected chi connectivity index (χ0v) is 11.1. The lowest BCUT2D eigenvalue weighted by Crippen LogP contribution is -2.45. The number of morpholine rings is 1. The molecule has 1 aromatic heterocycles.